The molecule has 1 aromatic heterocycles. The Hall–Kier alpha value is -1.65. The Kier molecular flexibility index (Phi) is 4.57. The van der Waals surface area contributed by atoms with Crippen LogP contribution in [0.5, 0.6) is 11.6 Å². The molecule has 5 heteroatoms. The fraction of sp³-hybridized carbons (Fsp3) is 0.267. The molecule has 0 aliphatic heterocycles. The molecule has 0 radical (unpaired) electrons. The van der Waals surface area contributed by atoms with Gasteiger partial charge in [-0.25, -0.2) is 9.37 Å². The van der Waals surface area contributed by atoms with Crippen LogP contribution in [0.3, 0.4) is 0 Å². The van der Waals surface area contributed by atoms with E-state index in [1.165, 1.54) is 12.1 Å². The van der Waals surface area contributed by atoms with Crippen LogP contribution in [0.2, 0.25) is 5.02 Å². The molecule has 0 saturated heterocycles. The van der Waals surface area contributed by atoms with Crippen LogP contribution in [0.25, 0.3) is 0 Å². The van der Waals surface area contributed by atoms with Crippen LogP contribution in [-0.2, 0) is 6.42 Å². The molecule has 0 aliphatic rings. The SMILES string of the molecule is Cc1cc(CC(C)N)cnc1Oc1cccc(Cl)c1F. The van der Waals surface area contributed by atoms with E-state index in [9.17, 15) is 4.39 Å². The largest absolute Gasteiger partial charge is 0.436 e. The van der Waals surface area contributed by atoms with Gasteiger partial charge in [-0.3, -0.25) is 0 Å². The van der Waals surface area contributed by atoms with Crippen molar-refractivity contribution in [2.75, 3.05) is 0 Å². The number of nitrogens with zero attached hydrogens (tertiary/aromatic N) is 1. The van der Waals surface area contributed by atoms with Gasteiger partial charge in [0, 0.05) is 17.8 Å². The van der Waals surface area contributed by atoms with Gasteiger partial charge >= 0.3 is 0 Å². The predicted octanol–water partition coefficient (Wildman–Crippen LogP) is 3.86. The number of aromatic nitrogens is 1. The van der Waals surface area contributed by atoms with Crippen molar-refractivity contribution >= 4 is 11.6 Å². The Balaban J connectivity index is 2.24. The van der Waals surface area contributed by atoms with Crippen molar-refractivity contribution in [2.24, 2.45) is 5.73 Å². The highest BCUT2D eigenvalue weighted by Gasteiger charge is 2.11. The summed E-state index contributed by atoms with van der Waals surface area (Å²) in [4.78, 5) is 4.21. The first-order valence-electron chi connectivity index (χ1n) is 6.30. The number of pyridine rings is 1. The van der Waals surface area contributed by atoms with E-state index in [4.69, 9.17) is 22.1 Å². The Labute approximate surface area is 122 Å². The third kappa shape index (κ3) is 3.46. The molecule has 0 spiro atoms. The number of rotatable bonds is 4. The number of halogens is 2. The summed E-state index contributed by atoms with van der Waals surface area (Å²) in [5.74, 6) is -0.164. The maximum Gasteiger partial charge on any atom is 0.222 e. The first kappa shape index (κ1) is 14.8. The highest BCUT2D eigenvalue weighted by molar-refractivity contribution is 6.30. The fourth-order valence-electron chi connectivity index (χ4n) is 1.88. The number of nitrogens with two attached hydrogens (primary N) is 1. The minimum absolute atomic E-state index is 0.0220. The van der Waals surface area contributed by atoms with Gasteiger partial charge in [-0.1, -0.05) is 17.7 Å². The highest BCUT2D eigenvalue weighted by Crippen LogP contribution is 2.29. The van der Waals surface area contributed by atoms with Gasteiger partial charge < -0.3 is 10.5 Å². The van der Waals surface area contributed by atoms with Gasteiger partial charge in [0.1, 0.15) is 0 Å². The second kappa shape index (κ2) is 6.20. The van der Waals surface area contributed by atoms with Crippen molar-refractivity contribution in [1.29, 1.82) is 0 Å². The summed E-state index contributed by atoms with van der Waals surface area (Å²) in [6.45, 7) is 3.79. The molecule has 1 unspecified atom stereocenters. The average Bonchev–Trinajstić information content (AvgIpc) is 2.37. The molecular formula is C15H16ClFN2O. The summed E-state index contributed by atoms with van der Waals surface area (Å²) < 4.78 is 19.2. The maximum atomic E-state index is 13.8. The third-order valence-corrected chi connectivity index (χ3v) is 3.06. The van der Waals surface area contributed by atoms with Crippen LogP contribution < -0.4 is 10.5 Å². The van der Waals surface area contributed by atoms with Crippen LogP contribution in [0.1, 0.15) is 18.1 Å². The smallest absolute Gasteiger partial charge is 0.222 e. The Morgan fingerprint density at radius 2 is 2.20 bits per heavy atom. The number of ether oxygens (including phenoxy) is 1. The van der Waals surface area contributed by atoms with Gasteiger partial charge in [0.2, 0.25) is 5.88 Å². The molecule has 1 heterocycles. The van der Waals surface area contributed by atoms with E-state index < -0.39 is 5.82 Å². The van der Waals surface area contributed by atoms with Gasteiger partial charge in [-0.05, 0) is 44.0 Å². The lowest BCUT2D eigenvalue weighted by Gasteiger charge is -2.11. The summed E-state index contributed by atoms with van der Waals surface area (Å²) in [5.41, 5.74) is 7.60. The minimum atomic E-state index is -0.588. The lowest BCUT2D eigenvalue weighted by atomic mass is 10.1. The van der Waals surface area contributed by atoms with Crippen LogP contribution in [0.4, 0.5) is 4.39 Å². The fourth-order valence-corrected chi connectivity index (χ4v) is 2.04. The van der Waals surface area contributed by atoms with Crippen molar-refractivity contribution in [1.82, 2.24) is 4.98 Å². The first-order valence-corrected chi connectivity index (χ1v) is 6.68. The van der Waals surface area contributed by atoms with E-state index in [-0.39, 0.29) is 16.8 Å². The maximum absolute atomic E-state index is 13.8. The van der Waals surface area contributed by atoms with Crippen molar-refractivity contribution in [2.45, 2.75) is 26.3 Å². The van der Waals surface area contributed by atoms with E-state index in [2.05, 4.69) is 4.98 Å². The van der Waals surface area contributed by atoms with Crippen LogP contribution >= 0.6 is 11.6 Å². The van der Waals surface area contributed by atoms with Crippen molar-refractivity contribution in [3.05, 3.63) is 52.4 Å². The Morgan fingerprint density at radius 3 is 2.85 bits per heavy atom. The lowest BCUT2D eigenvalue weighted by molar-refractivity contribution is 0.424. The van der Waals surface area contributed by atoms with Crippen molar-refractivity contribution in [3.8, 4) is 11.6 Å². The second-order valence-corrected chi connectivity index (χ2v) is 5.21. The molecule has 0 bridgehead atoms. The second-order valence-electron chi connectivity index (χ2n) is 4.80. The minimum Gasteiger partial charge on any atom is -0.436 e. The standard InChI is InChI=1S/C15H16ClFN2O/c1-9-6-11(7-10(2)18)8-19-15(9)20-13-5-3-4-12(16)14(13)17/h3-6,8,10H,7,18H2,1-2H3. The molecule has 0 fully saturated rings. The average molecular weight is 295 g/mol. The molecule has 0 saturated carbocycles. The quantitative estimate of drug-likeness (QED) is 0.931. The first-order chi connectivity index (χ1) is 9.47. The van der Waals surface area contributed by atoms with E-state index in [1.807, 2.05) is 19.9 Å². The normalized spacial score (nSPS) is 12.2. The molecule has 1 aromatic carbocycles. The molecule has 0 amide bonds. The van der Waals surface area contributed by atoms with E-state index in [1.54, 1.807) is 12.3 Å². The van der Waals surface area contributed by atoms with E-state index in [0.717, 1.165) is 17.5 Å². The van der Waals surface area contributed by atoms with Crippen molar-refractivity contribution in [3.63, 3.8) is 0 Å². The van der Waals surface area contributed by atoms with Gasteiger partial charge in [0.15, 0.2) is 11.6 Å². The molecule has 2 N–H and O–H groups in total. The number of benzene rings is 1. The molecule has 2 aromatic rings. The van der Waals surface area contributed by atoms with Crippen LogP contribution in [-0.4, -0.2) is 11.0 Å². The zero-order valence-corrected chi connectivity index (χ0v) is 12.1. The predicted molar refractivity (Wildman–Crippen MR) is 77.8 cm³/mol. The molecule has 3 nitrogen and oxygen atoms in total. The third-order valence-electron chi connectivity index (χ3n) is 2.77. The van der Waals surface area contributed by atoms with Gasteiger partial charge in [0.25, 0.3) is 0 Å². The monoisotopic (exact) mass is 294 g/mol. The molecule has 1 atom stereocenters. The van der Waals surface area contributed by atoms with E-state index in [0.29, 0.717) is 5.88 Å². The highest BCUT2D eigenvalue weighted by atomic mass is 35.5. The zero-order chi connectivity index (χ0) is 14.7. The van der Waals surface area contributed by atoms with Crippen LogP contribution in [0.15, 0.2) is 30.5 Å². The van der Waals surface area contributed by atoms with E-state index >= 15 is 0 Å². The van der Waals surface area contributed by atoms with Gasteiger partial charge in [0.05, 0.1) is 5.02 Å². The summed E-state index contributed by atoms with van der Waals surface area (Å²) >= 11 is 5.71. The summed E-state index contributed by atoms with van der Waals surface area (Å²) in [7, 11) is 0. The molecule has 106 valence electrons. The Morgan fingerprint density at radius 1 is 1.45 bits per heavy atom. The number of hydrogen-bond donors (Lipinski definition) is 1. The number of hydrogen-bond acceptors (Lipinski definition) is 3. The molecule has 0 aliphatic carbocycles. The van der Waals surface area contributed by atoms with Gasteiger partial charge in [-0.15, -0.1) is 0 Å². The molecular weight excluding hydrogens is 279 g/mol. The topological polar surface area (TPSA) is 48.1 Å². The summed E-state index contributed by atoms with van der Waals surface area (Å²) in [5, 5.41) is 0.0220. The number of aryl methyl sites for hydroxylation is 1. The van der Waals surface area contributed by atoms with Crippen LogP contribution in [0, 0.1) is 12.7 Å². The lowest BCUT2D eigenvalue weighted by Crippen LogP contribution is -2.17. The Bertz CT molecular complexity index is 617. The zero-order valence-electron chi connectivity index (χ0n) is 11.4. The molecule has 20 heavy (non-hydrogen) atoms. The van der Waals surface area contributed by atoms with Gasteiger partial charge in [-0.2, -0.15) is 0 Å². The van der Waals surface area contributed by atoms with Crippen molar-refractivity contribution < 1.29 is 9.13 Å². The summed E-state index contributed by atoms with van der Waals surface area (Å²) in [6.07, 6.45) is 2.42. The summed E-state index contributed by atoms with van der Waals surface area (Å²) in [6, 6.07) is 6.61. The molecule has 2 rings (SSSR count).